The third-order valence-electron chi connectivity index (χ3n) is 3.85. The molecule has 0 spiro atoms. The van der Waals surface area contributed by atoms with Crippen LogP contribution in [-0.4, -0.2) is 44.5 Å². The average Bonchev–Trinajstić information content (AvgIpc) is 3.30. The van der Waals surface area contributed by atoms with E-state index in [0.29, 0.717) is 19.5 Å². The molecule has 0 aromatic carbocycles. The summed E-state index contributed by atoms with van der Waals surface area (Å²) in [6.07, 6.45) is 3.23. The fraction of sp³-hybridized carbons (Fsp3) is 0.444. The van der Waals surface area contributed by atoms with Crippen LogP contribution in [0.15, 0.2) is 28.9 Å². The third-order valence-corrected chi connectivity index (χ3v) is 5.46. The van der Waals surface area contributed by atoms with Gasteiger partial charge in [0.2, 0.25) is 5.91 Å². The minimum atomic E-state index is 0.0241. The molecule has 3 aromatic heterocycles. The summed E-state index contributed by atoms with van der Waals surface area (Å²) >= 11 is 3.20. The first kappa shape index (κ1) is 19.6. The van der Waals surface area contributed by atoms with E-state index >= 15 is 0 Å². The number of nitrogens with zero attached hydrogens (tertiary/aromatic N) is 4. The molecular weight excluding hydrogens is 380 g/mol. The predicted molar refractivity (Wildman–Crippen MR) is 112 cm³/mol. The molecule has 3 heterocycles. The van der Waals surface area contributed by atoms with Gasteiger partial charge >= 0.3 is 0 Å². The number of carbonyl (C=O) groups excluding carboxylic acids is 1. The highest BCUT2D eigenvalue weighted by Gasteiger charge is 2.13. The summed E-state index contributed by atoms with van der Waals surface area (Å²) in [6.45, 7) is 6.14. The van der Waals surface area contributed by atoms with Gasteiger partial charge in [-0.1, -0.05) is 31.7 Å². The summed E-state index contributed by atoms with van der Waals surface area (Å²) in [5.74, 6) is 1.76. The molecule has 0 aliphatic rings. The number of thiophene rings is 1. The lowest BCUT2D eigenvalue weighted by atomic mass is 10.3. The predicted octanol–water partition coefficient (Wildman–Crippen LogP) is 3.18. The van der Waals surface area contributed by atoms with Gasteiger partial charge in [-0.3, -0.25) is 4.79 Å². The standard InChI is InChI=1S/C18H24N6OS2/c1-3-7-20-16-14-12-21-24(17(14)23-18(22-16)26-4-2)9-8-19-15(25)11-13-6-5-10-27-13/h5-6,10,12H,3-4,7-9,11H2,1-2H3,(H,19,25)(H,20,22,23). The summed E-state index contributed by atoms with van der Waals surface area (Å²) in [5, 5.41) is 14.4. The summed E-state index contributed by atoms with van der Waals surface area (Å²) in [5.41, 5.74) is 0.798. The van der Waals surface area contributed by atoms with Gasteiger partial charge in [0.05, 0.1) is 24.5 Å². The number of rotatable bonds is 10. The Balaban J connectivity index is 1.68. The lowest BCUT2D eigenvalue weighted by molar-refractivity contribution is -0.120. The van der Waals surface area contributed by atoms with Gasteiger partial charge in [-0.2, -0.15) is 5.10 Å². The SMILES string of the molecule is CCCNc1nc(SCC)nc2c1cnn2CCNC(=O)Cc1cccs1. The summed E-state index contributed by atoms with van der Waals surface area (Å²) in [7, 11) is 0. The van der Waals surface area contributed by atoms with E-state index in [4.69, 9.17) is 0 Å². The summed E-state index contributed by atoms with van der Waals surface area (Å²) in [6, 6.07) is 3.93. The maximum atomic E-state index is 12.0. The topological polar surface area (TPSA) is 84.7 Å². The van der Waals surface area contributed by atoms with Crippen LogP contribution in [0.25, 0.3) is 11.0 Å². The Morgan fingerprint density at radius 1 is 1.30 bits per heavy atom. The van der Waals surface area contributed by atoms with Crippen molar-refractivity contribution in [3.63, 3.8) is 0 Å². The van der Waals surface area contributed by atoms with Crippen LogP contribution in [0.3, 0.4) is 0 Å². The minimum Gasteiger partial charge on any atom is -0.369 e. The Morgan fingerprint density at radius 2 is 2.19 bits per heavy atom. The van der Waals surface area contributed by atoms with Gasteiger partial charge in [0.25, 0.3) is 0 Å². The monoisotopic (exact) mass is 404 g/mol. The quantitative estimate of drug-likeness (QED) is 0.399. The van der Waals surface area contributed by atoms with E-state index in [1.807, 2.05) is 22.2 Å². The van der Waals surface area contributed by atoms with Crippen LogP contribution in [-0.2, 0) is 17.8 Å². The Morgan fingerprint density at radius 3 is 2.93 bits per heavy atom. The zero-order valence-electron chi connectivity index (χ0n) is 15.6. The molecule has 0 unspecified atom stereocenters. The first-order chi connectivity index (χ1) is 13.2. The van der Waals surface area contributed by atoms with Gasteiger partial charge in [-0.25, -0.2) is 14.6 Å². The highest BCUT2D eigenvalue weighted by molar-refractivity contribution is 7.99. The zero-order chi connectivity index (χ0) is 19.1. The van der Waals surface area contributed by atoms with E-state index in [9.17, 15) is 4.79 Å². The Bertz CT molecular complexity index is 877. The van der Waals surface area contributed by atoms with Crippen LogP contribution in [0.2, 0.25) is 0 Å². The molecule has 0 saturated heterocycles. The highest BCUT2D eigenvalue weighted by Crippen LogP contribution is 2.24. The second-order valence-corrected chi connectivity index (χ2v) is 8.19. The third kappa shape index (κ3) is 5.20. The van der Waals surface area contributed by atoms with Gasteiger partial charge in [0, 0.05) is 18.0 Å². The normalized spacial score (nSPS) is 11.0. The van der Waals surface area contributed by atoms with Crippen molar-refractivity contribution in [1.29, 1.82) is 0 Å². The second kappa shape index (κ2) is 9.70. The van der Waals surface area contributed by atoms with Crippen LogP contribution < -0.4 is 10.6 Å². The van der Waals surface area contributed by atoms with Crippen LogP contribution in [0, 0.1) is 0 Å². The molecule has 9 heteroatoms. The molecular formula is C18H24N6OS2. The maximum Gasteiger partial charge on any atom is 0.225 e. The molecule has 27 heavy (non-hydrogen) atoms. The number of anilines is 1. The minimum absolute atomic E-state index is 0.0241. The molecule has 0 bridgehead atoms. The fourth-order valence-electron chi connectivity index (χ4n) is 2.61. The molecule has 2 N–H and O–H groups in total. The Kier molecular flexibility index (Phi) is 7.05. The van der Waals surface area contributed by atoms with E-state index in [0.717, 1.165) is 45.6 Å². The molecule has 3 rings (SSSR count). The Labute approximate surface area is 167 Å². The number of hydrogen-bond donors (Lipinski definition) is 2. The lowest BCUT2D eigenvalue weighted by Gasteiger charge is -2.09. The van der Waals surface area contributed by atoms with Crippen molar-refractivity contribution in [2.24, 2.45) is 0 Å². The number of hydrogen-bond acceptors (Lipinski definition) is 7. The number of aromatic nitrogens is 4. The molecule has 0 radical (unpaired) electrons. The maximum absolute atomic E-state index is 12.0. The van der Waals surface area contributed by atoms with Gasteiger partial charge in [-0.15, -0.1) is 11.3 Å². The van der Waals surface area contributed by atoms with Crippen molar-refractivity contribution >= 4 is 45.9 Å². The van der Waals surface area contributed by atoms with Crippen molar-refractivity contribution < 1.29 is 4.79 Å². The summed E-state index contributed by atoms with van der Waals surface area (Å²) < 4.78 is 1.83. The van der Waals surface area contributed by atoms with Crippen LogP contribution in [0.5, 0.6) is 0 Å². The van der Waals surface area contributed by atoms with Crippen molar-refractivity contribution in [3.8, 4) is 0 Å². The Hall–Kier alpha value is -2.13. The molecule has 144 valence electrons. The van der Waals surface area contributed by atoms with Crippen LogP contribution >= 0.6 is 23.1 Å². The highest BCUT2D eigenvalue weighted by atomic mass is 32.2. The number of amides is 1. The van der Waals surface area contributed by atoms with Crippen molar-refractivity contribution in [2.45, 2.75) is 38.4 Å². The average molecular weight is 405 g/mol. The fourth-order valence-corrected chi connectivity index (χ4v) is 3.87. The first-order valence-electron chi connectivity index (χ1n) is 9.10. The van der Waals surface area contributed by atoms with Crippen LogP contribution in [0.1, 0.15) is 25.1 Å². The number of fused-ring (bicyclic) bond motifs is 1. The number of nitrogens with one attached hydrogen (secondary N) is 2. The molecule has 0 atom stereocenters. The van der Waals surface area contributed by atoms with Crippen molar-refractivity contribution in [3.05, 3.63) is 28.6 Å². The first-order valence-corrected chi connectivity index (χ1v) is 11.0. The van der Waals surface area contributed by atoms with Gasteiger partial charge in [0.15, 0.2) is 10.8 Å². The van der Waals surface area contributed by atoms with E-state index in [-0.39, 0.29) is 5.91 Å². The molecule has 0 aliphatic heterocycles. The number of carbonyl (C=O) groups is 1. The zero-order valence-corrected chi connectivity index (χ0v) is 17.2. The molecule has 3 aromatic rings. The molecule has 1 amide bonds. The lowest BCUT2D eigenvalue weighted by Crippen LogP contribution is -2.28. The van der Waals surface area contributed by atoms with E-state index in [1.54, 1.807) is 29.3 Å². The van der Waals surface area contributed by atoms with Gasteiger partial charge in [-0.05, 0) is 23.6 Å². The van der Waals surface area contributed by atoms with E-state index in [1.165, 1.54) is 0 Å². The van der Waals surface area contributed by atoms with Gasteiger partial charge in [0.1, 0.15) is 5.82 Å². The number of thioether (sulfide) groups is 1. The molecule has 0 saturated carbocycles. The summed E-state index contributed by atoms with van der Waals surface area (Å²) in [4.78, 5) is 22.4. The van der Waals surface area contributed by atoms with Crippen molar-refractivity contribution in [1.82, 2.24) is 25.1 Å². The van der Waals surface area contributed by atoms with E-state index in [2.05, 4.69) is 39.5 Å². The van der Waals surface area contributed by atoms with E-state index < -0.39 is 0 Å². The smallest absolute Gasteiger partial charge is 0.225 e. The van der Waals surface area contributed by atoms with Crippen LogP contribution in [0.4, 0.5) is 5.82 Å². The molecule has 0 fully saturated rings. The largest absolute Gasteiger partial charge is 0.369 e. The van der Waals surface area contributed by atoms with Crippen molar-refractivity contribution in [2.75, 3.05) is 24.2 Å². The molecule has 7 nitrogen and oxygen atoms in total. The molecule has 0 aliphatic carbocycles. The van der Waals surface area contributed by atoms with Gasteiger partial charge < -0.3 is 10.6 Å². The second-order valence-electron chi connectivity index (χ2n) is 5.93.